The van der Waals surface area contributed by atoms with Crippen LogP contribution < -0.4 is 10.1 Å². The Morgan fingerprint density at radius 1 is 0.909 bits per heavy atom. The zero-order valence-corrected chi connectivity index (χ0v) is 12.4. The van der Waals surface area contributed by atoms with E-state index in [9.17, 15) is 0 Å². The van der Waals surface area contributed by atoms with Crippen LogP contribution in [-0.4, -0.2) is 9.97 Å². The van der Waals surface area contributed by atoms with Gasteiger partial charge in [0, 0.05) is 23.6 Å². The third kappa shape index (κ3) is 3.41. The summed E-state index contributed by atoms with van der Waals surface area (Å²) in [6, 6.07) is 17.5. The number of nitrogens with zero attached hydrogens (tertiary/aromatic N) is 2. The summed E-state index contributed by atoms with van der Waals surface area (Å²) in [5.74, 6) is 2.24. The molecule has 0 bridgehead atoms. The van der Waals surface area contributed by atoms with Crippen LogP contribution in [0.3, 0.4) is 0 Å². The third-order valence-electron chi connectivity index (χ3n) is 3.24. The minimum absolute atomic E-state index is 0.662. The molecule has 4 nitrogen and oxygen atoms in total. The maximum atomic E-state index is 5.85. The highest BCUT2D eigenvalue weighted by Crippen LogP contribution is 2.25. The fourth-order valence-electron chi connectivity index (χ4n) is 2.09. The van der Waals surface area contributed by atoms with E-state index in [0.29, 0.717) is 5.88 Å². The summed E-state index contributed by atoms with van der Waals surface area (Å²) in [5, 5.41) is 3.24. The van der Waals surface area contributed by atoms with Gasteiger partial charge in [-0.15, -0.1) is 0 Å². The highest BCUT2D eigenvalue weighted by Gasteiger charge is 2.04. The van der Waals surface area contributed by atoms with Gasteiger partial charge in [-0.3, -0.25) is 0 Å². The molecule has 0 saturated carbocycles. The molecule has 4 heteroatoms. The van der Waals surface area contributed by atoms with Crippen molar-refractivity contribution >= 4 is 11.5 Å². The number of nitrogens with one attached hydrogen (secondary N) is 1. The van der Waals surface area contributed by atoms with Gasteiger partial charge >= 0.3 is 0 Å². The largest absolute Gasteiger partial charge is 0.439 e. The maximum Gasteiger partial charge on any atom is 0.222 e. The molecule has 0 atom stereocenters. The highest BCUT2D eigenvalue weighted by molar-refractivity contribution is 5.57. The minimum atomic E-state index is 0.662. The topological polar surface area (TPSA) is 47.0 Å². The van der Waals surface area contributed by atoms with Crippen LogP contribution >= 0.6 is 0 Å². The van der Waals surface area contributed by atoms with E-state index >= 15 is 0 Å². The Balaban J connectivity index is 1.72. The molecule has 0 unspecified atom stereocenters. The van der Waals surface area contributed by atoms with E-state index < -0.39 is 0 Å². The second-order valence-electron chi connectivity index (χ2n) is 4.79. The van der Waals surface area contributed by atoms with Gasteiger partial charge < -0.3 is 10.1 Å². The van der Waals surface area contributed by atoms with Gasteiger partial charge in [0.1, 0.15) is 11.6 Å². The zero-order chi connectivity index (χ0) is 15.2. The van der Waals surface area contributed by atoms with Crippen LogP contribution in [0.1, 0.15) is 12.5 Å². The van der Waals surface area contributed by atoms with Gasteiger partial charge in [-0.25, -0.2) is 9.97 Å². The molecule has 3 rings (SSSR count). The molecule has 110 valence electrons. The van der Waals surface area contributed by atoms with Crippen molar-refractivity contribution in [2.75, 3.05) is 5.32 Å². The van der Waals surface area contributed by atoms with Crippen molar-refractivity contribution < 1.29 is 4.74 Å². The summed E-state index contributed by atoms with van der Waals surface area (Å²) >= 11 is 0. The van der Waals surface area contributed by atoms with E-state index in [0.717, 1.165) is 29.2 Å². The molecule has 22 heavy (non-hydrogen) atoms. The minimum Gasteiger partial charge on any atom is -0.439 e. The molecule has 0 aliphatic heterocycles. The van der Waals surface area contributed by atoms with E-state index in [1.807, 2.05) is 54.6 Å². The summed E-state index contributed by atoms with van der Waals surface area (Å²) in [6.07, 6.45) is 4.39. The smallest absolute Gasteiger partial charge is 0.222 e. The number of hydrogen-bond donors (Lipinski definition) is 1. The predicted molar refractivity (Wildman–Crippen MR) is 87.7 cm³/mol. The van der Waals surface area contributed by atoms with Gasteiger partial charge in [-0.2, -0.15) is 0 Å². The van der Waals surface area contributed by atoms with Gasteiger partial charge in [-0.1, -0.05) is 19.1 Å². The SMILES string of the molecule is CCc1cccnc1Oc1ccc(Nc2ccccn2)cc1. The van der Waals surface area contributed by atoms with Crippen molar-refractivity contribution in [2.24, 2.45) is 0 Å². The van der Waals surface area contributed by atoms with E-state index in [2.05, 4.69) is 22.2 Å². The lowest BCUT2D eigenvalue weighted by Crippen LogP contribution is -1.94. The van der Waals surface area contributed by atoms with Gasteiger partial charge in [0.2, 0.25) is 5.88 Å². The lowest BCUT2D eigenvalue weighted by molar-refractivity contribution is 0.457. The van der Waals surface area contributed by atoms with E-state index in [-0.39, 0.29) is 0 Å². The highest BCUT2D eigenvalue weighted by atomic mass is 16.5. The molecule has 0 aliphatic carbocycles. The van der Waals surface area contributed by atoms with Crippen LogP contribution in [0.25, 0.3) is 0 Å². The molecule has 0 aliphatic rings. The van der Waals surface area contributed by atoms with Crippen molar-refractivity contribution in [3.63, 3.8) is 0 Å². The standard InChI is InChI=1S/C18H17N3O/c1-2-14-6-5-13-20-18(14)22-16-10-8-15(9-11-16)21-17-7-3-4-12-19-17/h3-13H,2H2,1H3,(H,19,21). The Morgan fingerprint density at radius 2 is 1.73 bits per heavy atom. The Labute approximate surface area is 129 Å². The number of aromatic nitrogens is 2. The van der Waals surface area contributed by atoms with Gasteiger partial charge in [0.15, 0.2) is 0 Å². The molecule has 0 fully saturated rings. The van der Waals surface area contributed by atoms with Crippen LogP contribution in [-0.2, 0) is 6.42 Å². The average molecular weight is 291 g/mol. The second kappa shape index (κ2) is 6.72. The molecule has 0 spiro atoms. The van der Waals surface area contributed by atoms with Crippen molar-refractivity contribution in [1.82, 2.24) is 9.97 Å². The summed E-state index contributed by atoms with van der Waals surface area (Å²) in [6.45, 7) is 2.09. The number of hydrogen-bond acceptors (Lipinski definition) is 4. The quantitative estimate of drug-likeness (QED) is 0.747. The molecular weight excluding hydrogens is 274 g/mol. The van der Waals surface area contributed by atoms with E-state index in [4.69, 9.17) is 4.74 Å². The summed E-state index contributed by atoms with van der Waals surface area (Å²) in [5.41, 5.74) is 2.06. The molecule has 2 aromatic heterocycles. The third-order valence-corrected chi connectivity index (χ3v) is 3.24. The maximum absolute atomic E-state index is 5.85. The zero-order valence-electron chi connectivity index (χ0n) is 12.4. The number of benzene rings is 1. The fourth-order valence-corrected chi connectivity index (χ4v) is 2.09. The normalized spacial score (nSPS) is 10.2. The predicted octanol–water partition coefficient (Wildman–Crippen LogP) is 4.57. The van der Waals surface area contributed by atoms with Crippen LogP contribution in [0.2, 0.25) is 0 Å². The van der Waals surface area contributed by atoms with Crippen molar-refractivity contribution in [3.8, 4) is 11.6 Å². The molecule has 3 aromatic rings. The Bertz CT molecular complexity index is 727. The molecule has 2 heterocycles. The lowest BCUT2D eigenvalue weighted by atomic mass is 10.2. The summed E-state index contributed by atoms with van der Waals surface area (Å²) < 4.78 is 5.85. The average Bonchev–Trinajstić information content (AvgIpc) is 2.58. The number of anilines is 2. The van der Waals surface area contributed by atoms with Crippen LogP contribution in [0.5, 0.6) is 11.6 Å². The Morgan fingerprint density at radius 3 is 2.45 bits per heavy atom. The van der Waals surface area contributed by atoms with Crippen LogP contribution in [0, 0.1) is 0 Å². The van der Waals surface area contributed by atoms with Gasteiger partial charge in [0.05, 0.1) is 0 Å². The first-order valence-corrected chi connectivity index (χ1v) is 7.25. The second-order valence-corrected chi connectivity index (χ2v) is 4.79. The molecule has 0 saturated heterocycles. The summed E-state index contributed by atoms with van der Waals surface area (Å²) in [4.78, 5) is 8.52. The van der Waals surface area contributed by atoms with Gasteiger partial charge in [-0.05, 0) is 48.9 Å². The van der Waals surface area contributed by atoms with Crippen molar-refractivity contribution in [3.05, 3.63) is 72.6 Å². The first-order valence-electron chi connectivity index (χ1n) is 7.25. The Hall–Kier alpha value is -2.88. The molecule has 0 amide bonds. The fraction of sp³-hybridized carbons (Fsp3) is 0.111. The van der Waals surface area contributed by atoms with Crippen LogP contribution in [0.4, 0.5) is 11.5 Å². The van der Waals surface area contributed by atoms with Crippen molar-refractivity contribution in [1.29, 1.82) is 0 Å². The summed E-state index contributed by atoms with van der Waals surface area (Å²) in [7, 11) is 0. The number of ether oxygens (including phenoxy) is 1. The van der Waals surface area contributed by atoms with E-state index in [1.54, 1.807) is 12.4 Å². The molecular formula is C18H17N3O. The Kier molecular flexibility index (Phi) is 4.30. The van der Waals surface area contributed by atoms with Gasteiger partial charge in [0.25, 0.3) is 0 Å². The monoisotopic (exact) mass is 291 g/mol. The lowest BCUT2D eigenvalue weighted by Gasteiger charge is -2.09. The molecule has 0 radical (unpaired) electrons. The molecule has 1 aromatic carbocycles. The molecule has 1 N–H and O–H groups in total. The van der Waals surface area contributed by atoms with Crippen molar-refractivity contribution in [2.45, 2.75) is 13.3 Å². The van der Waals surface area contributed by atoms with E-state index in [1.165, 1.54) is 0 Å². The number of rotatable bonds is 5. The number of aryl methyl sites for hydroxylation is 1. The first kappa shape index (κ1) is 14.1. The number of pyridine rings is 2. The van der Waals surface area contributed by atoms with Crippen LogP contribution in [0.15, 0.2) is 67.0 Å². The first-order chi connectivity index (χ1) is 10.8.